The Kier molecular flexibility index (Phi) is 8.00. The van der Waals surface area contributed by atoms with Gasteiger partial charge in [0.25, 0.3) is 0 Å². The van der Waals surface area contributed by atoms with Crippen molar-refractivity contribution in [1.82, 2.24) is 0 Å². The highest BCUT2D eigenvalue weighted by atomic mass is 16.5. The molecule has 0 heterocycles. The molecular formula is C14H26O2. The summed E-state index contributed by atoms with van der Waals surface area (Å²) < 4.78 is 4.36. The van der Waals surface area contributed by atoms with Crippen molar-refractivity contribution in [2.75, 3.05) is 0 Å². The van der Waals surface area contributed by atoms with E-state index in [2.05, 4.69) is 38.7 Å². The molecule has 3 unspecified atom stereocenters. The third-order valence-corrected chi connectivity index (χ3v) is 3.18. The van der Waals surface area contributed by atoms with E-state index in [1.165, 1.54) is 25.4 Å². The number of rotatable bonds is 3. The zero-order chi connectivity index (χ0) is 12.6. The Labute approximate surface area is 100 Å². The molecule has 1 rings (SSSR count). The number of aliphatic hydroxyl groups excluding tert-OH is 1. The molecule has 0 aromatic heterocycles. The van der Waals surface area contributed by atoms with Crippen LogP contribution in [0.4, 0.5) is 0 Å². The Hall–Kier alpha value is -0.760. The Morgan fingerprint density at radius 2 is 1.81 bits per heavy atom. The topological polar surface area (TPSA) is 29.5 Å². The van der Waals surface area contributed by atoms with E-state index in [-0.39, 0.29) is 6.10 Å². The fourth-order valence-electron chi connectivity index (χ4n) is 2.22. The van der Waals surface area contributed by atoms with Crippen LogP contribution in [0.1, 0.15) is 40.0 Å². The van der Waals surface area contributed by atoms with Gasteiger partial charge in [-0.3, -0.25) is 0 Å². The van der Waals surface area contributed by atoms with Gasteiger partial charge in [0.15, 0.2) is 0 Å². The van der Waals surface area contributed by atoms with Gasteiger partial charge in [-0.05, 0) is 30.6 Å². The van der Waals surface area contributed by atoms with Gasteiger partial charge in [0.1, 0.15) is 0 Å². The van der Waals surface area contributed by atoms with Crippen LogP contribution in [-0.2, 0) is 4.74 Å². The van der Waals surface area contributed by atoms with Crippen LogP contribution in [0.5, 0.6) is 0 Å². The second-order valence-electron chi connectivity index (χ2n) is 4.86. The molecule has 0 aromatic carbocycles. The Balaban J connectivity index is 0.000000385. The van der Waals surface area contributed by atoms with Gasteiger partial charge in [-0.15, -0.1) is 0 Å². The minimum Gasteiger partial charge on any atom is -0.474 e. The lowest BCUT2D eigenvalue weighted by molar-refractivity contribution is 0.0266. The lowest BCUT2D eigenvalue weighted by Crippen LogP contribution is -2.31. The van der Waals surface area contributed by atoms with Crippen LogP contribution in [0, 0.1) is 17.8 Å². The number of aliphatic hydroxyl groups is 1. The first-order valence-electron chi connectivity index (χ1n) is 6.08. The molecule has 2 nitrogen and oxygen atoms in total. The van der Waals surface area contributed by atoms with Gasteiger partial charge < -0.3 is 9.84 Å². The molecule has 1 fully saturated rings. The third kappa shape index (κ3) is 5.96. The van der Waals surface area contributed by atoms with E-state index in [0.29, 0.717) is 11.8 Å². The van der Waals surface area contributed by atoms with Crippen molar-refractivity contribution in [1.29, 1.82) is 0 Å². The van der Waals surface area contributed by atoms with Crippen molar-refractivity contribution in [3.63, 3.8) is 0 Å². The highest BCUT2D eigenvalue weighted by molar-refractivity contribution is 4.79. The smallest absolute Gasteiger partial charge is 0.0829 e. The summed E-state index contributed by atoms with van der Waals surface area (Å²) in [4.78, 5) is 0. The zero-order valence-corrected chi connectivity index (χ0v) is 10.9. The molecule has 1 aliphatic carbocycles. The van der Waals surface area contributed by atoms with Crippen LogP contribution in [0.2, 0.25) is 0 Å². The molecule has 0 spiro atoms. The summed E-state index contributed by atoms with van der Waals surface area (Å²) in [5, 5.41) is 9.71. The van der Waals surface area contributed by atoms with E-state index in [4.69, 9.17) is 0 Å². The van der Waals surface area contributed by atoms with Crippen LogP contribution < -0.4 is 0 Å². The highest BCUT2D eigenvalue weighted by Gasteiger charge is 2.28. The first-order valence-corrected chi connectivity index (χ1v) is 6.08. The molecule has 0 amide bonds. The summed E-state index contributed by atoms with van der Waals surface area (Å²) in [5.41, 5.74) is 0. The van der Waals surface area contributed by atoms with E-state index in [1.54, 1.807) is 0 Å². The molecular weight excluding hydrogens is 200 g/mol. The molecule has 94 valence electrons. The van der Waals surface area contributed by atoms with Gasteiger partial charge in [0.2, 0.25) is 0 Å². The maximum atomic E-state index is 9.71. The zero-order valence-electron chi connectivity index (χ0n) is 10.9. The van der Waals surface area contributed by atoms with Gasteiger partial charge in [-0.25, -0.2) is 0 Å². The van der Waals surface area contributed by atoms with Crippen LogP contribution in [0.15, 0.2) is 25.7 Å². The summed E-state index contributed by atoms with van der Waals surface area (Å²) in [6, 6.07) is 0. The maximum Gasteiger partial charge on any atom is 0.0829 e. The fraction of sp³-hybridized carbons (Fsp3) is 0.714. The molecule has 2 heteroatoms. The Morgan fingerprint density at radius 3 is 2.12 bits per heavy atom. The summed E-state index contributed by atoms with van der Waals surface area (Å²) in [6.07, 6.45) is 6.14. The average molecular weight is 226 g/mol. The van der Waals surface area contributed by atoms with Crippen molar-refractivity contribution < 1.29 is 9.84 Å². The second-order valence-corrected chi connectivity index (χ2v) is 4.86. The molecule has 0 bridgehead atoms. The van der Waals surface area contributed by atoms with Crippen LogP contribution >= 0.6 is 0 Å². The van der Waals surface area contributed by atoms with Gasteiger partial charge in [-0.1, -0.05) is 40.3 Å². The molecule has 0 radical (unpaired) electrons. The van der Waals surface area contributed by atoms with Gasteiger partial charge >= 0.3 is 0 Å². The van der Waals surface area contributed by atoms with Crippen molar-refractivity contribution >= 4 is 0 Å². The molecule has 1 N–H and O–H groups in total. The van der Waals surface area contributed by atoms with Crippen molar-refractivity contribution in [2.45, 2.75) is 46.1 Å². The average Bonchev–Trinajstić information content (AvgIpc) is 2.19. The monoisotopic (exact) mass is 226 g/mol. The molecule has 1 aliphatic rings. The summed E-state index contributed by atoms with van der Waals surface area (Å²) in [7, 11) is 0. The number of ether oxygens (including phenoxy) is 1. The first kappa shape index (κ1) is 15.2. The number of hydrogen-bond donors (Lipinski definition) is 1. The SMILES string of the molecule is C=COC=C.CC1CCC(C(C)C)C(O)C1. The predicted octanol–water partition coefficient (Wildman–Crippen LogP) is 3.73. The largest absolute Gasteiger partial charge is 0.474 e. The second kappa shape index (κ2) is 8.40. The van der Waals surface area contributed by atoms with Crippen LogP contribution in [0.25, 0.3) is 0 Å². The predicted molar refractivity (Wildman–Crippen MR) is 68.8 cm³/mol. The van der Waals surface area contributed by atoms with E-state index in [0.717, 1.165) is 12.3 Å². The quantitative estimate of drug-likeness (QED) is 0.743. The van der Waals surface area contributed by atoms with Crippen molar-refractivity contribution in [3.05, 3.63) is 25.7 Å². The molecule has 1 saturated carbocycles. The number of hydrogen-bond acceptors (Lipinski definition) is 2. The standard InChI is InChI=1S/C10H20O.C4H6O/c1-7(2)9-5-4-8(3)6-10(9)11;1-3-5-4-2/h7-11H,4-6H2,1-3H3;3-4H,1-2H2. The molecule has 0 saturated heterocycles. The van der Waals surface area contributed by atoms with E-state index < -0.39 is 0 Å². The lowest BCUT2D eigenvalue weighted by Gasteiger charge is -2.33. The van der Waals surface area contributed by atoms with E-state index in [1.807, 2.05) is 0 Å². The van der Waals surface area contributed by atoms with Crippen LogP contribution in [-0.4, -0.2) is 11.2 Å². The minimum absolute atomic E-state index is 0.0289. The van der Waals surface area contributed by atoms with Gasteiger partial charge in [-0.2, -0.15) is 0 Å². The van der Waals surface area contributed by atoms with Crippen molar-refractivity contribution in [2.24, 2.45) is 17.8 Å². The molecule has 16 heavy (non-hydrogen) atoms. The fourth-order valence-corrected chi connectivity index (χ4v) is 2.22. The summed E-state index contributed by atoms with van der Waals surface area (Å²) >= 11 is 0. The maximum absolute atomic E-state index is 9.71. The Bertz CT molecular complexity index is 193. The highest BCUT2D eigenvalue weighted by Crippen LogP contribution is 2.33. The van der Waals surface area contributed by atoms with Gasteiger partial charge in [0, 0.05) is 0 Å². The molecule has 0 aliphatic heterocycles. The van der Waals surface area contributed by atoms with Gasteiger partial charge in [0.05, 0.1) is 18.6 Å². The third-order valence-electron chi connectivity index (χ3n) is 3.18. The van der Waals surface area contributed by atoms with Crippen molar-refractivity contribution in [3.8, 4) is 0 Å². The summed E-state index contributed by atoms with van der Waals surface area (Å²) in [6.45, 7) is 13.2. The normalized spacial score (nSPS) is 28.9. The van der Waals surface area contributed by atoms with E-state index >= 15 is 0 Å². The Morgan fingerprint density at radius 1 is 1.25 bits per heavy atom. The van der Waals surface area contributed by atoms with E-state index in [9.17, 15) is 5.11 Å². The lowest BCUT2D eigenvalue weighted by atomic mass is 9.75. The first-order chi connectivity index (χ1) is 7.52. The molecule has 0 aromatic rings. The molecule has 3 atom stereocenters. The minimum atomic E-state index is -0.0289. The van der Waals surface area contributed by atoms with Crippen LogP contribution in [0.3, 0.4) is 0 Å². The summed E-state index contributed by atoms with van der Waals surface area (Å²) in [5.74, 6) is 1.95.